The molecule has 1 unspecified atom stereocenters. The van der Waals surface area contributed by atoms with E-state index in [0.29, 0.717) is 18.9 Å². The minimum Gasteiger partial charge on any atom is -0.494 e. The molecule has 0 bridgehead atoms. The highest BCUT2D eigenvalue weighted by Gasteiger charge is 2.04. The fourth-order valence-corrected chi connectivity index (χ4v) is 1.58. The Bertz CT molecular complexity index is 342. The lowest BCUT2D eigenvalue weighted by atomic mass is 10.2. The molecule has 0 aliphatic carbocycles. The number of benzene rings is 1. The summed E-state index contributed by atoms with van der Waals surface area (Å²) in [6.07, 6.45) is 0. The molecule has 0 aliphatic heterocycles. The first-order valence-electron chi connectivity index (χ1n) is 6.03. The number of hydrogen-bond donors (Lipinski definition) is 2. The summed E-state index contributed by atoms with van der Waals surface area (Å²) in [4.78, 5) is 0. The summed E-state index contributed by atoms with van der Waals surface area (Å²) in [7, 11) is 0. The number of nitrogens with one attached hydrogen (secondary N) is 1. The molecule has 96 valence electrons. The summed E-state index contributed by atoms with van der Waals surface area (Å²) in [5.41, 5.74) is 7.47. The standard InChI is InChI=1S/C13H22N2O2/c1-4-16-9-10(3)15-12-6-11(14)7-13(8-12)17-5-2/h6-8,10,15H,4-5,9,14H2,1-3H3. The summed E-state index contributed by atoms with van der Waals surface area (Å²) in [6, 6.07) is 5.90. The van der Waals surface area contributed by atoms with E-state index >= 15 is 0 Å². The van der Waals surface area contributed by atoms with E-state index in [9.17, 15) is 0 Å². The van der Waals surface area contributed by atoms with Gasteiger partial charge < -0.3 is 20.5 Å². The van der Waals surface area contributed by atoms with Gasteiger partial charge in [0.25, 0.3) is 0 Å². The van der Waals surface area contributed by atoms with Gasteiger partial charge >= 0.3 is 0 Å². The molecule has 4 nitrogen and oxygen atoms in total. The molecule has 0 spiro atoms. The van der Waals surface area contributed by atoms with Gasteiger partial charge in [0.05, 0.1) is 13.2 Å². The van der Waals surface area contributed by atoms with Crippen LogP contribution in [-0.4, -0.2) is 25.9 Å². The van der Waals surface area contributed by atoms with E-state index < -0.39 is 0 Å². The number of nitrogen functional groups attached to an aromatic ring is 1. The highest BCUT2D eigenvalue weighted by Crippen LogP contribution is 2.23. The van der Waals surface area contributed by atoms with Crippen molar-refractivity contribution < 1.29 is 9.47 Å². The van der Waals surface area contributed by atoms with Crippen LogP contribution in [0.25, 0.3) is 0 Å². The van der Waals surface area contributed by atoms with Crippen molar-refractivity contribution >= 4 is 11.4 Å². The first-order valence-corrected chi connectivity index (χ1v) is 6.03. The lowest BCUT2D eigenvalue weighted by Crippen LogP contribution is -2.21. The molecule has 0 saturated heterocycles. The van der Waals surface area contributed by atoms with Gasteiger partial charge in [-0.15, -0.1) is 0 Å². The average molecular weight is 238 g/mol. The number of rotatable bonds is 7. The molecule has 0 amide bonds. The number of nitrogens with two attached hydrogens (primary N) is 1. The van der Waals surface area contributed by atoms with Crippen LogP contribution in [0.3, 0.4) is 0 Å². The van der Waals surface area contributed by atoms with Crippen LogP contribution in [0, 0.1) is 0 Å². The number of hydrogen-bond acceptors (Lipinski definition) is 4. The Morgan fingerprint density at radius 3 is 2.65 bits per heavy atom. The van der Waals surface area contributed by atoms with E-state index in [-0.39, 0.29) is 6.04 Å². The number of ether oxygens (including phenoxy) is 2. The van der Waals surface area contributed by atoms with Gasteiger partial charge in [-0.2, -0.15) is 0 Å². The molecule has 0 aromatic heterocycles. The quantitative estimate of drug-likeness (QED) is 0.717. The maximum atomic E-state index is 5.81. The highest BCUT2D eigenvalue weighted by molar-refractivity contribution is 5.59. The smallest absolute Gasteiger partial charge is 0.123 e. The molecule has 1 aromatic carbocycles. The van der Waals surface area contributed by atoms with Crippen molar-refractivity contribution in [1.82, 2.24) is 0 Å². The minimum atomic E-state index is 0.242. The molecule has 0 fully saturated rings. The van der Waals surface area contributed by atoms with E-state index in [1.807, 2.05) is 32.0 Å². The molecule has 3 N–H and O–H groups in total. The molecule has 0 radical (unpaired) electrons. The van der Waals surface area contributed by atoms with Crippen molar-refractivity contribution in [2.24, 2.45) is 0 Å². The third kappa shape index (κ3) is 4.95. The molecule has 1 atom stereocenters. The SMILES string of the molecule is CCOCC(C)Nc1cc(N)cc(OCC)c1. The van der Waals surface area contributed by atoms with Crippen molar-refractivity contribution in [2.75, 3.05) is 30.9 Å². The van der Waals surface area contributed by atoms with E-state index in [1.54, 1.807) is 0 Å². The van der Waals surface area contributed by atoms with E-state index in [0.717, 1.165) is 18.0 Å². The van der Waals surface area contributed by atoms with Gasteiger partial charge in [0.15, 0.2) is 0 Å². The van der Waals surface area contributed by atoms with Crippen LogP contribution in [0.15, 0.2) is 18.2 Å². The molecule has 1 aromatic rings. The van der Waals surface area contributed by atoms with Crippen molar-refractivity contribution in [2.45, 2.75) is 26.8 Å². The van der Waals surface area contributed by atoms with Gasteiger partial charge in [-0.05, 0) is 26.8 Å². The van der Waals surface area contributed by atoms with Gasteiger partial charge in [-0.1, -0.05) is 0 Å². The molecule has 0 heterocycles. The molecule has 4 heteroatoms. The zero-order chi connectivity index (χ0) is 12.7. The molecular formula is C13H22N2O2. The Kier molecular flexibility index (Phi) is 5.63. The Morgan fingerprint density at radius 1 is 1.24 bits per heavy atom. The van der Waals surface area contributed by atoms with Crippen LogP contribution in [0.4, 0.5) is 11.4 Å². The number of anilines is 2. The monoisotopic (exact) mass is 238 g/mol. The third-order valence-electron chi connectivity index (χ3n) is 2.22. The van der Waals surface area contributed by atoms with E-state index in [1.165, 1.54) is 0 Å². The zero-order valence-electron chi connectivity index (χ0n) is 10.8. The molecule has 0 saturated carbocycles. The lowest BCUT2D eigenvalue weighted by Gasteiger charge is -2.16. The fraction of sp³-hybridized carbons (Fsp3) is 0.538. The maximum Gasteiger partial charge on any atom is 0.123 e. The van der Waals surface area contributed by atoms with Crippen LogP contribution < -0.4 is 15.8 Å². The predicted molar refractivity (Wildman–Crippen MR) is 71.6 cm³/mol. The predicted octanol–water partition coefficient (Wildman–Crippen LogP) is 2.50. The van der Waals surface area contributed by atoms with Crippen molar-refractivity contribution in [3.8, 4) is 5.75 Å². The summed E-state index contributed by atoms with van der Waals surface area (Å²) >= 11 is 0. The van der Waals surface area contributed by atoms with Crippen LogP contribution in [-0.2, 0) is 4.74 Å². The van der Waals surface area contributed by atoms with Crippen LogP contribution in [0.1, 0.15) is 20.8 Å². The van der Waals surface area contributed by atoms with Crippen LogP contribution in [0.5, 0.6) is 5.75 Å². The Balaban J connectivity index is 2.63. The third-order valence-corrected chi connectivity index (χ3v) is 2.22. The van der Waals surface area contributed by atoms with Crippen LogP contribution >= 0.6 is 0 Å². The van der Waals surface area contributed by atoms with Gasteiger partial charge in [-0.25, -0.2) is 0 Å². The van der Waals surface area contributed by atoms with Crippen LogP contribution in [0.2, 0.25) is 0 Å². The Hall–Kier alpha value is -1.42. The first kappa shape index (κ1) is 13.6. The van der Waals surface area contributed by atoms with Gasteiger partial charge in [-0.3, -0.25) is 0 Å². The Morgan fingerprint density at radius 2 is 2.00 bits per heavy atom. The van der Waals surface area contributed by atoms with Crippen molar-refractivity contribution in [3.63, 3.8) is 0 Å². The summed E-state index contributed by atoms with van der Waals surface area (Å²) in [5, 5.41) is 3.33. The summed E-state index contributed by atoms with van der Waals surface area (Å²) in [5.74, 6) is 0.790. The first-order chi connectivity index (χ1) is 8.15. The highest BCUT2D eigenvalue weighted by atomic mass is 16.5. The second-order valence-electron chi connectivity index (χ2n) is 3.93. The maximum absolute atomic E-state index is 5.81. The molecule has 0 aliphatic rings. The largest absolute Gasteiger partial charge is 0.494 e. The molecule has 1 rings (SSSR count). The molecular weight excluding hydrogens is 216 g/mol. The van der Waals surface area contributed by atoms with Crippen molar-refractivity contribution in [1.29, 1.82) is 0 Å². The fourth-order valence-electron chi connectivity index (χ4n) is 1.58. The minimum absolute atomic E-state index is 0.242. The van der Waals surface area contributed by atoms with Gasteiger partial charge in [0.1, 0.15) is 5.75 Å². The Labute approximate surface area is 103 Å². The second kappa shape index (κ2) is 7.01. The topological polar surface area (TPSA) is 56.5 Å². The van der Waals surface area contributed by atoms with E-state index in [2.05, 4.69) is 12.2 Å². The van der Waals surface area contributed by atoms with E-state index in [4.69, 9.17) is 15.2 Å². The lowest BCUT2D eigenvalue weighted by molar-refractivity contribution is 0.141. The average Bonchev–Trinajstić information content (AvgIpc) is 2.26. The molecule has 17 heavy (non-hydrogen) atoms. The van der Waals surface area contributed by atoms with Gasteiger partial charge in [0, 0.05) is 36.2 Å². The van der Waals surface area contributed by atoms with Crippen molar-refractivity contribution in [3.05, 3.63) is 18.2 Å². The summed E-state index contributed by atoms with van der Waals surface area (Å²) < 4.78 is 10.8. The second-order valence-corrected chi connectivity index (χ2v) is 3.93. The van der Waals surface area contributed by atoms with Gasteiger partial charge in [0.2, 0.25) is 0 Å². The zero-order valence-corrected chi connectivity index (χ0v) is 10.8. The normalized spacial score (nSPS) is 12.2. The summed E-state index contributed by atoms with van der Waals surface area (Å²) in [6.45, 7) is 8.05.